The van der Waals surface area contributed by atoms with Crippen LogP contribution in [0.15, 0.2) is 17.4 Å². The van der Waals surface area contributed by atoms with Gasteiger partial charge in [0.15, 0.2) is 5.96 Å². The first kappa shape index (κ1) is 19.4. The highest BCUT2D eigenvalue weighted by Crippen LogP contribution is 2.62. The number of fused-ring (bicyclic) bond motifs is 2. The maximum Gasteiger partial charge on any atom is 0.194 e. The van der Waals surface area contributed by atoms with Crippen LogP contribution >= 0.6 is 24.0 Å². The van der Waals surface area contributed by atoms with Crippen LogP contribution in [0.25, 0.3) is 0 Å². The molecule has 3 heterocycles. The molecule has 8 heteroatoms. The van der Waals surface area contributed by atoms with E-state index < -0.39 is 0 Å². The number of morpholine rings is 1. The van der Waals surface area contributed by atoms with Crippen molar-refractivity contribution < 1.29 is 9.47 Å². The van der Waals surface area contributed by atoms with Gasteiger partial charge in [-0.2, -0.15) is 5.10 Å². The predicted octanol–water partition coefficient (Wildman–Crippen LogP) is 1.94. The first-order valence-corrected chi connectivity index (χ1v) is 9.91. The van der Waals surface area contributed by atoms with Gasteiger partial charge in [0.1, 0.15) is 6.10 Å². The molecule has 2 aliphatic heterocycles. The minimum Gasteiger partial charge on any atom is -0.377 e. The zero-order chi connectivity index (χ0) is 17.7. The van der Waals surface area contributed by atoms with E-state index in [9.17, 15) is 0 Å². The third kappa shape index (κ3) is 3.07. The molecule has 2 saturated heterocycles. The quantitative estimate of drug-likeness (QED) is 0.393. The molecule has 0 bridgehead atoms. The largest absolute Gasteiger partial charge is 0.377 e. The van der Waals surface area contributed by atoms with E-state index in [0.29, 0.717) is 30.1 Å². The molecule has 1 N–H and O–H groups in total. The number of halogens is 1. The Labute approximate surface area is 177 Å². The molecule has 4 aliphatic rings. The van der Waals surface area contributed by atoms with Crippen LogP contribution in [-0.2, 0) is 16.5 Å². The molecule has 5 rings (SSSR count). The molecule has 2 aliphatic carbocycles. The first-order valence-electron chi connectivity index (χ1n) is 9.91. The smallest absolute Gasteiger partial charge is 0.194 e. The van der Waals surface area contributed by atoms with Crippen LogP contribution in [0.3, 0.4) is 0 Å². The van der Waals surface area contributed by atoms with Gasteiger partial charge in [-0.15, -0.1) is 24.0 Å². The SMILES string of the molecule is CN=C(NC1C2CCOC2C12CCC2)N1CCOC(c2cnn(C)c2)C1.I. The molecule has 1 aromatic rings. The number of aliphatic imine (C=N–C) groups is 1. The summed E-state index contributed by atoms with van der Waals surface area (Å²) in [6.45, 7) is 3.33. The Morgan fingerprint density at radius 2 is 2.19 bits per heavy atom. The Morgan fingerprint density at radius 3 is 2.85 bits per heavy atom. The average Bonchev–Trinajstić information content (AvgIpc) is 3.22. The van der Waals surface area contributed by atoms with Crippen molar-refractivity contribution in [2.45, 2.75) is 43.9 Å². The highest BCUT2D eigenvalue weighted by atomic mass is 127. The number of nitrogens with one attached hydrogen (secondary N) is 1. The third-order valence-corrected chi connectivity index (χ3v) is 7.00. The lowest BCUT2D eigenvalue weighted by Crippen LogP contribution is -2.72. The van der Waals surface area contributed by atoms with Crippen molar-refractivity contribution in [3.8, 4) is 0 Å². The zero-order valence-corrected chi connectivity index (χ0v) is 18.5. The molecule has 1 aromatic heterocycles. The van der Waals surface area contributed by atoms with E-state index in [4.69, 9.17) is 9.47 Å². The van der Waals surface area contributed by atoms with E-state index in [1.807, 2.05) is 31.2 Å². The summed E-state index contributed by atoms with van der Waals surface area (Å²) >= 11 is 0. The molecule has 4 fully saturated rings. The summed E-state index contributed by atoms with van der Waals surface area (Å²) in [4.78, 5) is 6.96. The Bertz CT molecular complexity index is 704. The summed E-state index contributed by atoms with van der Waals surface area (Å²) in [6, 6.07) is 0.516. The van der Waals surface area contributed by atoms with Crippen LogP contribution in [-0.4, -0.2) is 66.1 Å². The summed E-state index contributed by atoms with van der Waals surface area (Å²) < 4.78 is 13.9. The maximum atomic E-state index is 6.06. The average molecular weight is 487 g/mol. The van der Waals surface area contributed by atoms with Crippen LogP contribution in [0.5, 0.6) is 0 Å². The van der Waals surface area contributed by atoms with Crippen molar-refractivity contribution in [2.24, 2.45) is 23.4 Å². The molecule has 0 aromatic carbocycles. The van der Waals surface area contributed by atoms with Gasteiger partial charge < -0.3 is 19.7 Å². The zero-order valence-electron chi connectivity index (χ0n) is 16.1. The minimum absolute atomic E-state index is 0. The fraction of sp³-hybridized carbons (Fsp3) is 0.789. The summed E-state index contributed by atoms with van der Waals surface area (Å²) in [5.41, 5.74) is 1.50. The van der Waals surface area contributed by atoms with Crippen molar-refractivity contribution in [2.75, 3.05) is 33.4 Å². The van der Waals surface area contributed by atoms with Crippen molar-refractivity contribution in [1.29, 1.82) is 0 Å². The predicted molar refractivity (Wildman–Crippen MR) is 113 cm³/mol. The summed E-state index contributed by atoms with van der Waals surface area (Å²) in [6.07, 6.45) is 9.60. The molecule has 7 nitrogen and oxygen atoms in total. The summed E-state index contributed by atoms with van der Waals surface area (Å²) in [5, 5.41) is 8.12. The molecular formula is C19H30IN5O2. The fourth-order valence-electron chi connectivity index (χ4n) is 5.54. The Hall–Kier alpha value is -0.870. The molecule has 4 unspecified atom stereocenters. The van der Waals surface area contributed by atoms with Gasteiger partial charge in [0.25, 0.3) is 0 Å². The topological polar surface area (TPSA) is 63.9 Å². The van der Waals surface area contributed by atoms with Crippen LogP contribution in [0.1, 0.15) is 37.4 Å². The normalized spacial score (nSPS) is 34.4. The lowest BCUT2D eigenvalue weighted by atomic mass is 9.46. The molecule has 27 heavy (non-hydrogen) atoms. The standard InChI is InChI=1S/C19H29N5O2.HI/c1-20-18(22-16-14-4-8-26-17(14)19(16)5-3-6-19)24-7-9-25-15(12-24)13-10-21-23(2)11-13;/h10-11,14-17H,3-9,12H2,1-2H3,(H,20,22);1H. The van der Waals surface area contributed by atoms with Gasteiger partial charge in [-0.1, -0.05) is 6.42 Å². The van der Waals surface area contributed by atoms with Crippen LogP contribution in [0.2, 0.25) is 0 Å². The van der Waals surface area contributed by atoms with Crippen molar-refractivity contribution in [3.63, 3.8) is 0 Å². The molecule has 150 valence electrons. The molecule has 0 amide bonds. The van der Waals surface area contributed by atoms with Crippen LogP contribution in [0, 0.1) is 11.3 Å². The van der Waals surface area contributed by atoms with E-state index in [-0.39, 0.29) is 30.1 Å². The van der Waals surface area contributed by atoms with E-state index in [1.165, 1.54) is 25.7 Å². The number of rotatable bonds is 2. The van der Waals surface area contributed by atoms with Gasteiger partial charge >= 0.3 is 0 Å². The number of hydrogen-bond acceptors (Lipinski definition) is 4. The Morgan fingerprint density at radius 1 is 1.33 bits per heavy atom. The third-order valence-electron chi connectivity index (χ3n) is 7.00. The van der Waals surface area contributed by atoms with Gasteiger partial charge in [-0.05, 0) is 19.3 Å². The minimum atomic E-state index is 0. The number of aromatic nitrogens is 2. The van der Waals surface area contributed by atoms with Crippen molar-refractivity contribution in [3.05, 3.63) is 18.0 Å². The highest BCUT2D eigenvalue weighted by molar-refractivity contribution is 14.0. The Balaban J connectivity index is 0.00000180. The summed E-state index contributed by atoms with van der Waals surface area (Å²) in [7, 11) is 3.84. The highest BCUT2D eigenvalue weighted by Gasteiger charge is 2.66. The monoisotopic (exact) mass is 487 g/mol. The van der Waals surface area contributed by atoms with Gasteiger partial charge in [-0.25, -0.2) is 0 Å². The number of ether oxygens (including phenoxy) is 2. The lowest BCUT2D eigenvalue weighted by Gasteiger charge is -2.63. The van der Waals surface area contributed by atoms with E-state index >= 15 is 0 Å². The second-order valence-corrected chi connectivity index (χ2v) is 8.25. The van der Waals surface area contributed by atoms with Crippen molar-refractivity contribution in [1.82, 2.24) is 20.0 Å². The first-order chi connectivity index (χ1) is 12.7. The number of hydrogen-bond donors (Lipinski definition) is 1. The van der Waals surface area contributed by atoms with Gasteiger partial charge in [0.05, 0.1) is 25.5 Å². The van der Waals surface area contributed by atoms with Gasteiger partial charge in [0.2, 0.25) is 0 Å². The Kier molecular flexibility index (Phi) is 5.41. The molecule has 2 saturated carbocycles. The number of nitrogens with zero attached hydrogens (tertiary/aromatic N) is 4. The molecular weight excluding hydrogens is 457 g/mol. The number of aryl methyl sites for hydroxylation is 1. The molecule has 1 spiro atoms. The van der Waals surface area contributed by atoms with E-state index in [0.717, 1.165) is 31.2 Å². The maximum absolute atomic E-state index is 6.06. The van der Waals surface area contributed by atoms with Gasteiger partial charge in [-0.3, -0.25) is 9.67 Å². The van der Waals surface area contributed by atoms with Crippen molar-refractivity contribution >= 4 is 29.9 Å². The van der Waals surface area contributed by atoms with Crippen LogP contribution in [0.4, 0.5) is 0 Å². The number of guanidine groups is 1. The van der Waals surface area contributed by atoms with Crippen LogP contribution < -0.4 is 5.32 Å². The van der Waals surface area contributed by atoms with Gasteiger partial charge in [0, 0.05) is 56.4 Å². The second-order valence-electron chi connectivity index (χ2n) is 8.25. The second kappa shape index (κ2) is 7.51. The lowest BCUT2D eigenvalue weighted by molar-refractivity contribution is -0.171. The molecule has 0 radical (unpaired) electrons. The summed E-state index contributed by atoms with van der Waals surface area (Å²) in [5.74, 6) is 1.67. The fourth-order valence-corrected chi connectivity index (χ4v) is 5.54. The molecule has 4 atom stereocenters. The van der Waals surface area contributed by atoms with E-state index in [2.05, 4.69) is 20.3 Å². The van der Waals surface area contributed by atoms with E-state index in [1.54, 1.807) is 0 Å².